The minimum absolute atomic E-state index is 0.0115. The molecule has 0 spiro atoms. The molecule has 0 radical (unpaired) electrons. The van der Waals surface area contributed by atoms with Gasteiger partial charge in [0.05, 0.1) is 25.4 Å². The number of amides is 1. The minimum atomic E-state index is -0.847. The highest BCUT2D eigenvalue weighted by molar-refractivity contribution is 5.76. The van der Waals surface area contributed by atoms with Gasteiger partial charge < -0.3 is 20.3 Å². The summed E-state index contributed by atoms with van der Waals surface area (Å²) in [6.07, 6.45) is 60.0. The molecule has 60 heavy (non-hydrogen) atoms. The molecule has 0 fully saturated rings. The third-order valence-electron chi connectivity index (χ3n) is 11.9. The summed E-state index contributed by atoms with van der Waals surface area (Å²) in [7, 11) is 0. The van der Waals surface area contributed by atoms with E-state index < -0.39 is 12.1 Å². The topological polar surface area (TPSA) is 95.9 Å². The molecule has 0 aromatic rings. The fourth-order valence-electron chi connectivity index (χ4n) is 7.85. The van der Waals surface area contributed by atoms with Crippen LogP contribution < -0.4 is 5.32 Å². The first-order valence-corrected chi connectivity index (χ1v) is 26.3. The largest absolute Gasteiger partial charge is 0.466 e. The van der Waals surface area contributed by atoms with Crippen LogP contribution >= 0.6 is 0 Å². The molecule has 352 valence electrons. The van der Waals surface area contributed by atoms with Gasteiger partial charge in [-0.25, -0.2) is 0 Å². The highest BCUT2D eigenvalue weighted by Gasteiger charge is 2.18. The zero-order chi connectivity index (χ0) is 43.7. The Kier molecular flexibility index (Phi) is 48.1. The summed E-state index contributed by atoms with van der Waals surface area (Å²) in [6.45, 7) is 4.81. The van der Waals surface area contributed by atoms with Crippen molar-refractivity contribution in [2.24, 2.45) is 0 Å². The van der Waals surface area contributed by atoms with E-state index in [4.69, 9.17) is 4.74 Å². The number of ether oxygens (including phenoxy) is 1. The van der Waals surface area contributed by atoms with Crippen LogP contribution in [-0.2, 0) is 14.3 Å². The summed E-state index contributed by atoms with van der Waals surface area (Å²) in [4.78, 5) is 24.4. The second-order valence-electron chi connectivity index (χ2n) is 17.9. The maximum absolute atomic E-state index is 12.4. The lowest BCUT2D eigenvalue weighted by Crippen LogP contribution is -2.45. The number of hydrogen-bond acceptors (Lipinski definition) is 5. The van der Waals surface area contributed by atoms with Gasteiger partial charge in [-0.3, -0.25) is 9.59 Å². The van der Waals surface area contributed by atoms with E-state index in [1.807, 2.05) is 6.08 Å². The van der Waals surface area contributed by atoms with Crippen LogP contribution in [0.4, 0.5) is 0 Å². The van der Waals surface area contributed by atoms with Crippen molar-refractivity contribution in [3.05, 3.63) is 36.5 Å². The van der Waals surface area contributed by atoms with Crippen molar-refractivity contribution < 1.29 is 24.5 Å². The van der Waals surface area contributed by atoms with Crippen LogP contribution in [-0.4, -0.2) is 47.4 Å². The van der Waals surface area contributed by atoms with Crippen LogP contribution in [0.15, 0.2) is 36.5 Å². The van der Waals surface area contributed by atoms with Gasteiger partial charge in [0.15, 0.2) is 0 Å². The standard InChI is InChI=1S/C54H101NO5/c1-3-5-7-9-11-13-15-22-26-30-34-38-42-46-52(57)51(50-56)55-53(58)47-43-39-35-31-27-24-20-18-17-19-21-25-29-33-37-41-45-49-60-54(59)48-44-40-36-32-28-23-16-14-12-10-8-6-4-2/h8,10,14,16,42,46,51-52,56-57H,3-7,9,11-13,15,17-41,43-45,47-50H2,1-2H3,(H,55,58)/b10-8-,16-14-,46-42+. The second kappa shape index (κ2) is 49.7. The van der Waals surface area contributed by atoms with E-state index >= 15 is 0 Å². The van der Waals surface area contributed by atoms with Crippen molar-refractivity contribution in [2.45, 2.75) is 283 Å². The summed E-state index contributed by atoms with van der Waals surface area (Å²) < 4.78 is 5.45. The minimum Gasteiger partial charge on any atom is -0.466 e. The Morgan fingerprint density at radius 3 is 1.33 bits per heavy atom. The van der Waals surface area contributed by atoms with Crippen LogP contribution in [0.5, 0.6) is 0 Å². The Morgan fingerprint density at radius 1 is 0.467 bits per heavy atom. The number of carbonyl (C=O) groups is 2. The summed E-state index contributed by atoms with van der Waals surface area (Å²) >= 11 is 0. The number of hydrogen-bond donors (Lipinski definition) is 3. The molecule has 0 saturated heterocycles. The van der Waals surface area contributed by atoms with Gasteiger partial charge in [-0.15, -0.1) is 0 Å². The number of unbranched alkanes of at least 4 members (excludes halogenated alkanes) is 33. The average molecular weight is 844 g/mol. The van der Waals surface area contributed by atoms with Gasteiger partial charge in [-0.05, 0) is 57.8 Å². The van der Waals surface area contributed by atoms with Crippen molar-refractivity contribution in [2.75, 3.05) is 13.2 Å². The van der Waals surface area contributed by atoms with Gasteiger partial charge in [0.25, 0.3) is 0 Å². The lowest BCUT2D eigenvalue weighted by molar-refractivity contribution is -0.143. The molecule has 3 N–H and O–H groups in total. The Labute approximate surface area is 373 Å². The molecule has 0 saturated carbocycles. The Bertz CT molecular complexity index is 977. The smallest absolute Gasteiger partial charge is 0.305 e. The molecule has 0 aliphatic carbocycles. The van der Waals surface area contributed by atoms with Gasteiger partial charge in [0, 0.05) is 12.8 Å². The molecule has 1 amide bonds. The lowest BCUT2D eigenvalue weighted by Gasteiger charge is -2.20. The first-order chi connectivity index (χ1) is 29.5. The number of nitrogens with one attached hydrogen (secondary N) is 1. The van der Waals surface area contributed by atoms with E-state index in [2.05, 4.69) is 43.5 Å². The van der Waals surface area contributed by atoms with Crippen molar-refractivity contribution >= 4 is 11.9 Å². The molecule has 0 bridgehead atoms. The SMILES string of the molecule is CCC/C=C\C/C=C\CCCCCCCC(=O)OCCCCCCCCCCCCCCCCCCCC(=O)NC(CO)C(O)/C=C/CCCCCCCCCCCCC. The fourth-order valence-corrected chi connectivity index (χ4v) is 7.85. The Morgan fingerprint density at radius 2 is 0.867 bits per heavy atom. The van der Waals surface area contributed by atoms with E-state index in [9.17, 15) is 19.8 Å². The molecule has 0 aliphatic heterocycles. The van der Waals surface area contributed by atoms with Crippen LogP contribution in [0, 0.1) is 0 Å². The van der Waals surface area contributed by atoms with Crippen LogP contribution in [0.1, 0.15) is 271 Å². The zero-order valence-electron chi connectivity index (χ0n) is 39.9. The monoisotopic (exact) mass is 844 g/mol. The summed E-state index contributed by atoms with van der Waals surface area (Å²) in [5, 5.41) is 23.0. The molecule has 6 nitrogen and oxygen atoms in total. The van der Waals surface area contributed by atoms with Crippen LogP contribution in [0.25, 0.3) is 0 Å². The Hall–Kier alpha value is -1.92. The second-order valence-corrected chi connectivity index (χ2v) is 17.9. The number of allylic oxidation sites excluding steroid dienone is 5. The molecular formula is C54H101NO5. The lowest BCUT2D eigenvalue weighted by atomic mass is 10.0. The van der Waals surface area contributed by atoms with Gasteiger partial charge in [-0.1, -0.05) is 237 Å². The van der Waals surface area contributed by atoms with Crippen molar-refractivity contribution in [1.82, 2.24) is 5.32 Å². The van der Waals surface area contributed by atoms with Gasteiger partial charge in [0.1, 0.15) is 0 Å². The van der Waals surface area contributed by atoms with E-state index in [0.717, 1.165) is 51.4 Å². The normalized spacial score (nSPS) is 12.9. The Balaban J connectivity index is 3.45. The molecule has 0 aromatic heterocycles. The number of rotatable bonds is 48. The molecule has 0 heterocycles. The predicted molar refractivity (Wildman–Crippen MR) is 259 cm³/mol. The van der Waals surface area contributed by atoms with E-state index in [-0.39, 0.29) is 18.5 Å². The van der Waals surface area contributed by atoms with Gasteiger partial charge >= 0.3 is 5.97 Å². The quantitative estimate of drug-likeness (QED) is 0.0322. The van der Waals surface area contributed by atoms with Crippen LogP contribution in [0.3, 0.4) is 0 Å². The molecule has 6 heteroatoms. The predicted octanol–water partition coefficient (Wildman–Crippen LogP) is 15.7. The van der Waals surface area contributed by atoms with Gasteiger partial charge in [-0.2, -0.15) is 0 Å². The number of aliphatic hydroxyl groups excluding tert-OH is 2. The third kappa shape index (κ3) is 45.6. The summed E-state index contributed by atoms with van der Waals surface area (Å²) in [6, 6.07) is -0.631. The molecule has 2 atom stereocenters. The molecule has 0 rings (SSSR count). The first kappa shape index (κ1) is 58.1. The highest BCUT2D eigenvalue weighted by atomic mass is 16.5. The van der Waals surface area contributed by atoms with Crippen LogP contribution in [0.2, 0.25) is 0 Å². The zero-order valence-corrected chi connectivity index (χ0v) is 39.9. The van der Waals surface area contributed by atoms with Gasteiger partial charge in [0.2, 0.25) is 5.91 Å². The summed E-state index contributed by atoms with van der Waals surface area (Å²) in [5.74, 6) is -0.0861. The number of aliphatic hydroxyl groups is 2. The van der Waals surface area contributed by atoms with E-state index in [0.29, 0.717) is 19.4 Å². The van der Waals surface area contributed by atoms with E-state index in [1.165, 1.54) is 193 Å². The average Bonchev–Trinajstić information content (AvgIpc) is 3.25. The van der Waals surface area contributed by atoms with Crippen molar-refractivity contribution in [3.8, 4) is 0 Å². The number of esters is 1. The maximum Gasteiger partial charge on any atom is 0.305 e. The number of carbonyl (C=O) groups excluding carboxylic acids is 2. The maximum atomic E-state index is 12.4. The third-order valence-corrected chi connectivity index (χ3v) is 11.9. The first-order valence-electron chi connectivity index (χ1n) is 26.3. The van der Waals surface area contributed by atoms with Crippen molar-refractivity contribution in [1.29, 1.82) is 0 Å². The van der Waals surface area contributed by atoms with Crippen molar-refractivity contribution in [3.63, 3.8) is 0 Å². The summed E-state index contributed by atoms with van der Waals surface area (Å²) in [5.41, 5.74) is 0. The van der Waals surface area contributed by atoms with E-state index in [1.54, 1.807) is 6.08 Å². The molecule has 2 unspecified atom stereocenters. The molecular weight excluding hydrogens is 743 g/mol. The molecule has 0 aliphatic rings. The fraction of sp³-hybridized carbons (Fsp3) is 0.852. The highest BCUT2D eigenvalue weighted by Crippen LogP contribution is 2.16. The molecule has 0 aromatic carbocycles.